The van der Waals surface area contributed by atoms with Crippen molar-refractivity contribution in [3.8, 4) is 0 Å². The van der Waals surface area contributed by atoms with Gasteiger partial charge in [0.1, 0.15) is 5.60 Å². The first kappa shape index (κ1) is 17.0. The van der Waals surface area contributed by atoms with E-state index in [4.69, 9.17) is 9.84 Å². The van der Waals surface area contributed by atoms with Gasteiger partial charge in [0.05, 0.1) is 12.5 Å². The number of carboxylic acid groups (broad SMARTS) is 1. The Morgan fingerprint density at radius 2 is 1.81 bits per heavy atom. The summed E-state index contributed by atoms with van der Waals surface area (Å²) in [5, 5.41) is 11.7. The number of carbonyl (C=O) groups excluding carboxylic acids is 1. The Labute approximate surface area is 125 Å². The minimum atomic E-state index is -0.894. The Hall–Kier alpha value is -2.04. The zero-order valence-electron chi connectivity index (χ0n) is 12.9. The molecule has 2 atom stereocenters. The molecule has 5 heteroatoms. The molecule has 0 bridgehead atoms. The third-order valence-electron chi connectivity index (χ3n) is 2.90. The van der Waals surface area contributed by atoms with Crippen LogP contribution in [0.4, 0.5) is 4.79 Å². The van der Waals surface area contributed by atoms with Gasteiger partial charge in [-0.25, -0.2) is 4.79 Å². The number of amides is 1. The molecule has 0 saturated heterocycles. The predicted molar refractivity (Wildman–Crippen MR) is 80.0 cm³/mol. The number of alkyl carbamates (subject to hydrolysis) is 1. The number of hydrogen-bond donors (Lipinski definition) is 2. The Kier molecular flexibility index (Phi) is 5.76. The van der Waals surface area contributed by atoms with E-state index < -0.39 is 23.7 Å². The zero-order valence-corrected chi connectivity index (χ0v) is 12.9. The van der Waals surface area contributed by atoms with E-state index in [0.717, 1.165) is 5.56 Å². The van der Waals surface area contributed by atoms with Crippen molar-refractivity contribution in [3.05, 3.63) is 35.9 Å². The van der Waals surface area contributed by atoms with Crippen molar-refractivity contribution in [1.82, 2.24) is 5.32 Å². The van der Waals surface area contributed by atoms with Crippen LogP contribution < -0.4 is 5.32 Å². The molecule has 1 rings (SSSR count). The van der Waals surface area contributed by atoms with Crippen LogP contribution in [0.3, 0.4) is 0 Å². The standard InChI is InChI=1S/C16H23NO4/c1-11(10-13(18)19)14(12-8-6-5-7-9-12)17-15(20)21-16(2,3)4/h5-9,11,14H,10H2,1-4H3,(H,17,20)(H,18,19). The summed E-state index contributed by atoms with van der Waals surface area (Å²) in [6.07, 6.45) is -0.580. The molecule has 0 saturated carbocycles. The van der Waals surface area contributed by atoms with Crippen molar-refractivity contribution in [3.63, 3.8) is 0 Å². The average molecular weight is 293 g/mol. The lowest BCUT2D eigenvalue weighted by Gasteiger charge is -2.27. The average Bonchev–Trinajstić information content (AvgIpc) is 2.34. The van der Waals surface area contributed by atoms with Gasteiger partial charge in [0.2, 0.25) is 0 Å². The number of carbonyl (C=O) groups is 2. The fraction of sp³-hybridized carbons (Fsp3) is 0.500. The number of rotatable bonds is 5. The molecule has 0 aliphatic carbocycles. The molecule has 0 fully saturated rings. The molecule has 5 nitrogen and oxygen atoms in total. The summed E-state index contributed by atoms with van der Waals surface area (Å²) in [5.41, 5.74) is 0.263. The first-order chi connectivity index (χ1) is 9.69. The fourth-order valence-electron chi connectivity index (χ4n) is 2.04. The molecular weight excluding hydrogens is 270 g/mol. The van der Waals surface area contributed by atoms with Crippen LogP contribution in [0.25, 0.3) is 0 Å². The molecule has 0 radical (unpaired) electrons. The molecule has 1 aromatic rings. The van der Waals surface area contributed by atoms with Crippen LogP contribution in [0.5, 0.6) is 0 Å². The third kappa shape index (κ3) is 6.29. The largest absolute Gasteiger partial charge is 0.481 e. The molecule has 1 aromatic carbocycles. The van der Waals surface area contributed by atoms with Crippen LogP contribution in [0.2, 0.25) is 0 Å². The monoisotopic (exact) mass is 293 g/mol. The van der Waals surface area contributed by atoms with E-state index >= 15 is 0 Å². The van der Waals surface area contributed by atoms with Crippen LogP contribution in [-0.2, 0) is 9.53 Å². The van der Waals surface area contributed by atoms with Gasteiger partial charge < -0.3 is 15.2 Å². The highest BCUT2D eigenvalue weighted by molar-refractivity contribution is 5.69. The van der Waals surface area contributed by atoms with Crippen LogP contribution in [-0.4, -0.2) is 22.8 Å². The second kappa shape index (κ2) is 7.11. The van der Waals surface area contributed by atoms with Crippen molar-refractivity contribution in [2.24, 2.45) is 5.92 Å². The first-order valence-electron chi connectivity index (χ1n) is 6.95. The smallest absolute Gasteiger partial charge is 0.408 e. The Morgan fingerprint density at radius 3 is 2.29 bits per heavy atom. The molecule has 1 amide bonds. The molecule has 0 spiro atoms. The molecule has 0 aliphatic rings. The number of hydrogen-bond acceptors (Lipinski definition) is 3. The van der Waals surface area contributed by atoms with Crippen molar-refractivity contribution < 1.29 is 19.4 Å². The van der Waals surface area contributed by atoms with Gasteiger partial charge in [0.15, 0.2) is 0 Å². The topological polar surface area (TPSA) is 75.6 Å². The molecule has 0 heterocycles. The lowest BCUT2D eigenvalue weighted by Crippen LogP contribution is -2.37. The number of nitrogens with one attached hydrogen (secondary N) is 1. The summed E-state index contributed by atoms with van der Waals surface area (Å²) in [7, 11) is 0. The molecular formula is C16H23NO4. The summed E-state index contributed by atoms with van der Waals surface area (Å²) < 4.78 is 5.25. The van der Waals surface area contributed by atoms with E-state index in [2.05, 4.69) is 5.32 Å². The third-order valence-corrected chi connectivity index (χ3v) is 2.90. The quantitative estimate of drug-likeness (QED) is 0.872. The molecule has 0 aromatic heterocycles. The highest BCUT2D eigenvalue weighted by Crippen LogP contribution is 2.25. The van der Waals surface area contributed by atoms with Gasteiger partial charge in [-0.1, -0.05) is 37.3 Å². The van der Waals surface area contributed by atoms with Gasteiger partial charge in [-0.3, -0.25) is 4.79 Å². The molecule has 116 valence electrons. The normalized spacial score (nSPS) is 14.1. The zero-order chi connectivity index (χ0) is 16.0. The van der Waals surface area contributed by atoms with Crippen molar-refractivity contribution >= 4 is 12.1 Å². The first-order valence-corrected chi connectivity index (χ1v) is 6.95. The summed E-state index contributed by atoms with van der Waals surface area (Å²) in [6.45, 7) is 7.14. The Balaban J connectivity index is 2.87. The maximum atomic E-state index is 12.0. The predicted octanol–water partition coefficient (Wildman–Crippen LogP) is 3.36. The number of benzene rings is 1. The minimum absolute atomic E-state index is 0.0324. The van der Waals surface area contributed by atoms with Gasteiger partial charge in [-0.05, 0) is 32.3 Å². The van der Waals surface area contributed by atoms with E-state index in [1.54, 1.807) is 27.7 Å². The van der Waals surface area contributed by atoms with E-state index in [1.807, 2.05) is 30.3 Å². The molecule has 2 N–H and O–H groups in total. The van der Waals surface area contributed by atoms with Crippen molar-refractivity contribution in [1.29, 1.82) is 0 Å². The lowest BCUT2D eigenvalue weighted by molar-refractivity contribution is -0.138. The molecule has 0 aliphatic heterocycles. The number of aliphatic carboxylic acids is 1. The highest BCUT2D eigenvalue weighted by Gasteiger charge is 2.25. The lowest BCUT2D eigenvalue weighted by atomic mass is 9.92. The van der Waals surface area contributed by atoms with Gasteiger partial charge in [0, 0.05) is 0 Å². The maximum Gasteiger partial charge on any atom is 0.408 e. The van der Waals surface area contributed by atoms with E-state index in [9.17, 15) is 9.59 Å². The SMILES string of the molecule is CC(CC(=O)O)C(NC(=O)OC(C)(C)C)c1ccccc1. The van der Waals surface area contributed by atoms with Crippen LogP contribution in [0, 0.1) is 5.92 Å². The van der Waals surface area contributed by atoms with Gasteiger partial charge in [0.25, 0.3) is 0 Å². The maximum absolute atomic E-state index is 12.0. The minimum Gasteiger partial charge on any atom is -0.481 e. The van der Waals surface area contributed by atoms with Crippen molar-refractivity contribution in [2.75, 3.05) is 0 Å². The van der Waals surface area contributed by atoms with Crippen LogP contribution in [0.1, 0.15) is 45.7 Å². The second-order valence-electron chi connectivity index (χ2n) is 6.11. The molecule has 21 heavy (non-hydrogen) atoms. The fourth-order valence-corrected chi connectivity index (χ4v) is 2.04. The highest BCUT2D eigenvalue weighted by atomic mass is 16.6. The second-order valence-corrected chi connectivity index (χ2v) is 6.11. The summed E-state index contributed by atoms with van der Waals surface area (Å²) in [5.74, 6) is -1.15. The van der Waals surface area contributed by atoms with Crippen molar-refractivity contribution in [2.45, 2.75) is 45.8 Å². The van der Waals surface area contributed by atoms with E-state index in [-0.39, 0.29) is 12.3 Å². The van der Waals surface area contributed by atoms with Gasteiger partial charge >= 0.3 is 12.1 Å². The summed E-state index contributed by atoms with van der Waals surface area (Å²) in [6, 6.07) is 8.90. The Morgan fingerprint density at radius 1 is 1.24 bits per heavy atom. The summed E-state index contributed by atoms with van der Waals surface area (Å²) in [4.78, 5) is 22.9. The molecule has 2 unspecified atom stereocenters. The Bertz CT molecular complexity index is 479. The number of carboxylic acids is 1. The van der Waals surface area contributed by atoms with Gasteiger partial charge in [-0.2, -0.15) is 0 Å². The van der Waals surface area contributed by atoms with E-state index in [1.165, 1.54) is 0 Å². The van der Waals surface area contributed by atoms with E-state index in [0.29, 0.717) is 0 Å². The number of ether oxygens (including phenoxy) is 1. The summed E-state index contributed by atoms with van der Waals surface area (Å²) >= 11 is 0. The van der Waals surface area contributed by atoms with Gasteiger partial charge in [-0.15, -0.1) is 0 Å². The van der Waals surface area contributed by atoms with Crippen LogP contribution >= 0.6 is 0 Å². The van der Waals surface area contributed by atoms with Crippen LogP contribution in [0.15, 0.2) is 30.3 Å².